The van der Waals surface area contributed by atoms with Crippen molar-refractivity contribution in [3.05, 3.63) is 120 Å². The van der Waals surface area contributed by atoms with E-state index in [0.717, 1.165) is 0 Å². The average molecular weight is 655 g/mol. The molecule has 0 unspecified atom stereocenters. The Hall–Kier alpha value is -6.56. The van der Waals surface area contributed by atoms with E-state index in [-0.39, 0.29) is 11.8 Å². The summed E-state index contributed by atoms with van der Waals surface area (Å²) in [6.07, 6.45) is 1.08. The molecule has 8 rings (SSSR count). The third-order valence-electron chi connectivity index (χ3n) is 8.07. The standard InChI is InChI=1S/C37H30N6O6/c1-23-29-21-38-31-9-5-7-11-33(31)46-37(48-35(29)42(40-23)25-13-17-27(44-3)18-14-25)47-34-12-8-6-10-32(34)39-22-30-24(2)41-43(36(30)49-37)26-15-19-28(45-4)20-16-26/h5-22H,1-4H3/b38-21+,39-22+. The van der Waals surface area contributed by atoms with Gasteiger partial charge in [0, 0.05) is 12.4 Å². The fourth-order valence-corrected chi connectivity index (χ4v) is 5.53. The van der Waals surface area contributed by atoms with Crippen LogP contribution in [-0.2, 0) is 0 Å². The van der Waals surface area contributed by atoms with Crippen LogP contribution < -0.4 is 28.4 Å². The first-order valence-electron chi connectivity index (χ1n) is 15.4. The first-order valence-corrected chi connectivity index (χ1v) is 15.4. The van der Waals surface area contributed by atoms with Gasteiger partial charge < -0.3 is 28.4 Å². The van der Waals surface area contributed by atoms with Crippen LogP contribution in [0.25, 0.3) is 11.4 Å². The molecule has 0 bridgehead atoms. The fourth-order valence-electron chi connectivity index (χ4n) is 5.53. The smallest absolute Gasteiger partial charge is 0.497 e. The number of methoxy groups -OCH3 is 2. The summed E-state index contributed by atoms with van der Waals surface area (Å²) >= 11 is 0. The normalized spacial score (nSPS) is 15.3. The molecule has 2 aliphatic heterocycles. The molecule has 1 spiro atoms. The van der Waals surface area contributed by atoms with Crippen LogP contribution in [0.15, 0.2) is 107 Å². The number of ether oxygens (including phenoxy) is 6. The van der Waals surface area contributed by atoms with Crippen molar-refractivity contribution in [2.24, 2.45) is 9.98 Å². The molecule has 2 aromatic heterocycles. The lowest BCUT2D eigenvalue weighted by atomic mass is 10.2. The number of aliphatic imine (C=N–C) groups is 2. The van der Waals surface area contributed by atoms with E-state index in [1.807, 2.05) is 98.8 Å². The quantitative estimate of drug-likeness (QED) is 0.199. The molecule has 4 heterocycles. The van der Waals surface area contributed by atoms with Crippen LogP contribution in [0, 0.1) is 13.8 Å². The zero-order valence-electron chi connectivity index (χ0n) is 27.0. The first-order chi connectivity index (χ1) is 23.9. The topological polar surface area (TPSA) is 116 Å². The lowest BCUT2D eigenvalue weighted by Gasteiger charge is -2.32. The highest BCUT2D eigenvalue weighted by molar-refractivity contribution is 5.88. The molecule has 0 aliphatic carbocycles. The van der Waals surface area contributed by atoms with E-state index in [1.165, 1.54) is 0 Å². The monoisotopic (exact) mass is 654 g/mol. The van der Waals surface area contributed by atoms with Gasteiger partial charge in [-0.2, -0.15) is 19.6 Å². The fraction of sp³-hybridized carbons (Fsp3) is 0.135. The van der Waals surface area contributed by atoms with Gasteiger partial charge >= 0.3 is 6.16 Å². The van der Waals surface area contributed by atoms with Crippen LogP contribution in [0.1, 0.15) is 22.5 Å². The summed E-state index contributed by atoms with van der Waals surface area (Å²) in [6, 6.07) is 29.4. The van der Waals surface area contributed by atoms with E-state index in [1.54, 1.807) is 48.1 Å². The average Bonchev–Trinajstić information content (AvgIpc) is 3.64. The maximum Gasteiger partial charge on any atom is 0.613 e. The minimum absolute atomic E-state index is 0.255. The maximum atomic E-state index is 6.90. The van der Waals surface area contributed by atoms with Crippen molar-refractivity contribution in [3.8, 4) is 46.1 Å². The van der Waals surface area contributed by atoms with Gasteiger partial charge in [0.05, 0.1) is 48.1 Å². The lowest BCUT2D eigenvalue weighted by molar-refractivity contribution is -0.369. The zero-order chi connectivity index (χ0) is 33.5. The number of rotatable bonds is 4. The number of fused-ring (bicyclic) bond motifs is 4. The van der Waals surface area contributed by atoms with Gasteiger partial charge in [0.1, 0.15) is 22.9 Å². The summed E-state index contributed by atoms with van der Waals surface area (Å²) in [7, 11) is 3.23. The van der Waals surface area contributed by atoms with Crippen LogP contribution in [0.3, 0.4) is 0 Å². The number of hydrogen-bond acceptors (Lipinski definition) is 10. The molecule has 4 aromatic carbocycles. The van der Waals surface area contributed by atoms with E-state index in [9.17, 15) is 0 Å². The Morgan fingerprint density at radius 1 is 0.531 bits per heavy atom. The second-order valence-corrected chi connectivity index (χ2v) is 11.2. The van der Waals surface area contributed by atoms with Crippen molar-refractivity contribution in [3.63, 3.8) is 0 Å². The molecular formula is C37H30N6O6. The number of para-hydroxylation sites is 4. The summed E-state index contributed by atoms with van der Waals surface area (Å²) < 4.78 is 41.3. The van der Waals surface area contributed by atoms with E-state index < -0.39 is 6.16 Å². The zero-order valence-corrected chi connectivity index (χ0v) is 27.0. The van der Waals surface area contributed by atoms with Crippen LogP contribution in [0.2, 0.25) is 0 Å². The summed E-state index contributed by atoms with van der Waals surface area (Å²) in [5.41, 5.74) is 4.90. The highest BCUT2D eigenvalue weighted by Gasteiger charge is 2.49. The SMILES string of the molecule is COc1ccc(-n2nc(C)c3c2OC2(Oc4ccccc4/N=C/3)Oc3ccccc3/N=C/c3c(C)nn(-c4ccc(OC)cc4)c3O2)cc1. The molecule has 12 heteroatoms. The summed E-state index contributed by atoms with van der Waals surface area (Å²) in [6.45, 7) is 3.75. The van der Waals surface area contributed by atoms with Crippen molar-refractivity contribution >= 4 is 23.8 Å². The minimum atomic E-state index is -2.31. The molecule has 49 heavy (non-hydrogen) atoms. The third-order valence-corrected chi connectivity index (χ3v) is 8.07. The molecule has 0 N–H and O–H groups in total. The highest BCUT2D eigenvalue weighted by atomic mass is 17.0. The molecule has 2 aliphatic rings. The minimum Gasteiger partial charge on any atom is -0.497 e. The Labute approximate surface area is 281 Å². The van der Waals surface area contributed by atoms with Crippen LogP contribution >= 0.6 is 0 Å². The van der Waals surface area contributed by atoms with Crippen molar-refractivity contribution in [2.45, 2.75) is 20.0 Å². The van der Waals surface area contributed by atoms with Gasteiger partial charge in [-0.25, -0.2) is 0 Å². The van der Waals surface area contributed by atoms with Crippen molar-refractivity contribution < 1.29 is 28.4 Å². The Bertz CT molecular complexity index is 2080. The summed E-state index contributed by atoms with van der Waals surface area (Å²) in [5, 5.41) is 9.68. The van der Waals surface area contributed by atoms with Gasteiger partial charge in [-0.15, -0.1) is 0 Å². The molecule has 0 radical (unpaired) electrons. The summed E-state index contributed by atoms with van der Waals surface area (Å²) in [4.78, 5) is 9.57. The van der Waals surface area contributed by atoms with Crippen LogP contribution in [-0.4, -0.2) is 52.4 Å². The number of benzene rings is 4. The van der Waals surface area contributed by atoms with E-state index in [0.29, 0.717) is 68.3 Å². The Balaban J connectivity index is 1.38. The first kappa shape index (κ1) is 29.8. The Morgan fingerprint density at radius 3 is 1.35 bits per heavy atom. The molecule has 0 fully saturated rings. The van der Waals surface area contributed by atoms with Crippen molar-refractivity contribution in [2.75, 3.05) is 14.2 Å². The van der Waals surface area contributed by atoms with Crippen LogP contribution in [0.5, 0.6) is 34.8 Å². The number of aryl methyl sites for hydroxylation is 2. The maximum absolute atomic E-state index is 6.90. The third kappa shape index (κ3) is 5.38. The van der Waals surface area contributed by atoms with Gasteiger partial charge in [-0.05, 0) is 86.6 Å². The van der Waals surface area contributed by atoms with E-state index in [4.69, 9.17) is 48.6 Å². The van der Waals surface area contributed by atoms with Gasteiger partial charge in [0.2, 0.25) is 11.8 Å². The van der Waals surface area contributed by atoms with Gasteiger partial charge in [-0.3, -0.25) is 9.98 Å². The van der Waals surface area contributed by atoms with Crippen molar-refractivity contribution in [1.29, 1.82) is 0 Å². The molecule has 0 amide bonds. The summed E-state index contributed by atoms with van der Waals surface area (Å²) in [5.74, 6) is 2.59. The lowest BCUT2D eigenvalue weighted by Crippen LogP contribution is -2.54. The molecular weight excluding hydrogens is 624 g/mol. The predicted octanol–water partition coefficient (Wildman–Crippen LogP) is 7.05. The Kier molecular flexibility index (Phi) is 7.25. The van der Waals surface area contributed by atoms with Gasteiger partial charge in [0.25, 0.3) is 0 Å². The van der Waals surface area contributed by atoms with Gasteiger partial charge in [-0.1, -0.05) is 24.3 Å². The van der Waals surface area contributed by atoms with E-state index in [2.05, 4.69) is 0 Å². The van der Waals surface area contributed by atoms with Crippen LogP contribution in [0.4, 0.5) is 11.4 Å². The highest BCUT2D eigenvalue weighted by Crippen LogP contribution is 2.42. The molecule has 244 valence electrons. The number of aromatic nitrogens is 4. The largest absolute Gasteiger partial charge is 0.613 e. The number of nitrogens with zero attached hydrogens (tertiary/aromatic N) is 6. The second kappa shape index (κ2) is 11.9. The molecule has 0 saturated heterocycles. The molecule has 0 saturated carbocycles. The Morgan fingerprint density at radius 2 is 0.939 bits per heavy atom. The molecule has 0 atom stereocenters. The second-order valence-electron chi connectivity index (χ2n) is 11.2. The van der Waals surface area contributed by atoms with Crippen molar-refractivity contribution in [1.82, 2.24) is 19.6 Å². The van der Waals surface area contributed by atoms with Gasteiger partial charge in [0.15, 0.2) is 11.5 Å². The molecule has 6 aromatic rings. The predicted molar refractivity (Wildman–Crippen MR) is 182 cm³/mol. The molecule has 12 nitrogen and oxygen atoms in total. The van der Waals surface area contributed by atoms with E-state index >= 15 is 0 Å². The number of hydrogen-bond donors (Lipinski definition) is 0.